The lowest BCUT2D eigenvalue weighted by Crippen LogP contribution is -2.61. The standard InChI is InChI=1S/C47H56N12O6/c48-30-23-40-44(63)57-38(22-29-25-53-34-15-7-5-13-32(29)34)43(62)55-36(20-27-10-2-1-3-11-27)41(60)56-37(21-28-24-52-33-14-6-4-12-31(28)33)42(61)54-35(16-8-18-51-47(49)50)45(64)58-19-9-17-39(58)46(65)59(40)26-30/h1-7,10-15,24-25,30,35-40,52-53H,8-9,16-23,26,48H2,(H,54,61)(H,55,62)(H,56,60)(H,57,63)(H4,49,50,51)/t30-,35-,36+,37-,38-,39+,40-/m0/s1. The van der Waals surface area contributed by atoms with Crippen molar-refractivity contribution in [1.29, 1.82) is 0 Å². The fourth-order valence-electron chi connectivity index (χ4n) is 9.40. The van der Waals surface area contributed by atoms with E-state index in [0.29, 0.717) is 19.3 Å². The molecule has 0 spiro atoms. The van der Waals surface area contributed by atoms with Gasteiger partial charge in [-0.1, -0.05) is 66.7 Å². The van der Waals surface area contributed by atoms with Crippen molar-refractivity contribution in [3.63, 3.8) is 0 Å². The number of benzene rings is 3. The predicted molar refractivity (Wildman–Crippen MR) is 245 cm³/mol. The van der Waals surface area contributed by atoms with E-state index in [4.69, 9.17) is 17.2 Å². The van der Waals surface area contributed by atoms with Gasteiger partial charge < -0.3 is 58.2 Å². The van der Waals surface area contributed by atoms with E-state index in [0.717, 1.165) is 38.5 Å². The first-order valence-electron chi connectivity index (χ1n) is 22.2. The number of nitrogens with one attached hydrogen (secondary N) is 6. The van der Waals surface area contributed by atoms with Gasteiger partial charge in [0.1, 0.15) is 36.3 Å². The summed E-state index contributed by atoms with van der Waals surface area (Å²) in [6, 6.07) is 16.9. The molecule has 3 fully saturated rings. The topological polar surface area (TPSA) is 279 Å². The lowest BCUT2D eigenvalue weighted by atomic mass is 10.00. The monoisotopic (exact) mass is 884 g/mol. The average molecular weight is 885 g/mol. The molecule has 18 heteroatoms. The van der Waals surface area contributed by atoms with Crippen molar-refractivity contribution in [2.24, 2.45) is 22.2 Å². The highest BCUT2D eigenvalue weighted by atomic mass is 16.2. The minimum Gasteiger partial charge on any atom is -0.370 e. The van der Waals surface area contributed by atoms with Crippen LogP contribution in [0.4, 0.5) is 0 Å². The minimum atomic E-state index is -1.24. The van der Waals surface area contributed by atoms with Crippen LogP contribution in [0.3, 0.4) is 0 Å². The zero-order valence-corrected chi connectivity index (χ0v) is 36.0. The predicted octanol–water partition coefficient (Wildman–Crippen LogP) is 0.603. The van der Waals surface area contributed by atoms with E-state index in [2.05, 4.69) is 36.2 Å². The van der Waals surface area contributed by atoms with Gasteiger partial charge in [-0.2, -0.15) is 0 Å². The molecular weight excluding hydrogens is 829 g/mol. The molecule has 340 valence electrons. The molecule has 0 saturated carbocycles. The zero-order chi connectivity index (χ0) is 45.6. The van der Waals surface area contributed by atoms with E-state index in [1.807, 2.05) is 78.9 Å². The van der Waals surface area contributed by atoms with Crippen LogP contribution in [0.2, 0.25) is 0 Å². The molecule has 18 nitrogen and oxygen atoms in total. The summed E-state index contributed by atoms with van der Waals surface area (Å²) in [7, 11) is 0. The average Bonchev–Trinajstić information content (AvgIpc) is 4.13. The van der Waals surface area contributed by atoms with E-state index in [9.17, 15) is 28.8 Å². The second kappa shape index (κ2) is 19.7. The minimum absolute atomic E-state index is 0.0170. The molecule has 5 aromatic rings. The molecule has 65 heavy (non-hydrogen) atoms. The summed E-state index contributed by atoms with van der Waals surface area (Å²) < 4.78 is 0. The van der Waals surface area contributed by atoms with Gasteiger partial charge in [-0.25, -0.2) is 0 Å². The molecule has 7 atom stereocenters. The fourth-order valence-corrected chi connectivity index (χ4v) is 9.40. The third-order valence-electron chi connectivity index (χ3n) is 12.7. The highest BCUT2D eigenvalue weighted by Gasteiger charge is 2.46. The van der Waals surface area contributed by atoms with Crippen molar-refractivity contribution in [3.05, 3.63) is 108 Å². The number of aromatic amines is 2. The fraction of sp³-hybridized carbons (Fsp3) is 0.383. The Hall–Kier alpha value is -7.21. The molecule has 3 aromatic carbocycles. The van der Waals surface area contributed by atoms with Gasteiger partial charge >= 0.3 is 0 Å². The molecule has 6 amide bonds. The van der Waals surface area contributed by atoms with Gasteiger partial charge in [-0.05, 0) is 60.9 Å². The lowest BCUT2D eigenvalue weighted by Gasteiger charge is -2.34. The van der Waals surface area contributed by atoms with E-state index < -0.39 is 77.7 Å². The quantitative estimate of drug-likeness (QED) is 0.0539. The Morgan fingerprint density at radius 2 is 1.15 bits per heavy atom. The molecule has 2 aromatic heterocycles. The highest BCUT2D eigenvalue weighted by Crippen LogP contribution is 2.27. The number of hydrogen-bond donors (Lipinski definition) is 9. The molecule has 3 aliphatic heterocycles. The molecular formula is C47H56N12O6. The Balaban J connectivity index is 1.19. The Kier molecular flexibility index (Phi) is 13.4. The molecule has 3 aliphatic rings. The molecule has 8 rings (SSSR count). The maximum atomic E-state index is 14.8. The normalized spacial score (nSPS) is 24.7. The Bertz CT molecular complexity index is 2590. The first kappa shape index (κ1) is 44.4. The van der Waals surface area contributed by atoms with Gasteiger partial charge in [-0.3, -0.25) is 33.8 Å². The first-order valence-corrected chi connectivity index (χ1v) is 22.2. The number of carbonyl (C=O) groups is 6. The number of nitrogens with two attached hydrogens (primary N) is 3. The van der Waals surface area contributed by atoms with Crippen LogP contribution >= 0.6 is 0 Å². The third-order valence-corrected chi connectivity index (χ3v) is 12.7. The van der Waals surface area contributed by atoms with Gasteiger partial charge in [0.2, 0.25) is 35.4 Å². The number of carbonyl (C=O) groups excluding carboxylic acids is 6. The number of hydrogen-bond acceptors (Lipinski definition) is 8. The van der Waals surface area contributed by atoms with E-state index in [-0.39, 0.29) is 57.7 Å². The number of guanidine groups is 1. The summed E-state index contributed by atoms with van der Waals surface area (Å²) >= 11 is 0. The maximum Gasteiger partial charge on any atom is 0.246 e. The van der Waals surface area contributed by atoms with Gasteiger partial charge in [0.15, 0.2) is 5.96 Å². The van der Waals surface area contributed by atoms with Crippen LogP contribution in [0.5, 0.6) is 0 Å². The van der Waals surface area contributed by atoms with Crippen molar-refractivity contribution in [3.8, 4) is 0 Å². The lowest BCUT2D eigenvalue weighted by molar-refractivity contribution is -0.148. The molecule has 0 aliphatic carbocycles. The van der Waals surface area contributed by atoms with E-state index in [1.54, 1.807) is 12.4 Å². The van der Waals surface area contributed by atoms with Crippen LogP contribution in [0, 0.1) is 0 Å². The van der Waals surface area contributed by atoms with Crippen LogP contribution in [-0.2, 0) is 48.0 Å². The van der Waals surface area contributed by atoms with Crippen LogP contribution in [0.25, 0.3) is 21.8 Å². The number of rotatable bonds is 10. The summed E-state index contributed by atoms with van der Waals surface area (Å²) in [5.41, 5.74) is 21.5. The van der Waals surface area contributed by atoms with Gasteiger partial charge in [-0.15, -0.1) is 0 Å². The number of para-hydroxylation sites is 2. The number of nitrogens with zero attached hydrogens (tertiary/aromatic N) is 3. The second-order valence-electron chi connectivity index (χ2n) is 17.2. The molecule has 3 saturated heterocycles. The maximum absolute atomic E-state index is 14.8. The largest absolute Gasteiger partial charge is 0.370 e. The van der Waals surface area contributed by atoms with Crippen molar-refractivity contribution in [2.75, 3.05) is 19.6 Å². The zero-order valence-electron chi connectivity index (χ0n) is 36.0. The number of amides is 6. The van der Waals surface area contributed by atoms with Gasteiger partial charge in [0.05, 0.1) is 0 Å². The Morgan fingerprint density at radius 3 is 1.75 bits per heavy atom. The van der Waals surface area contributed by atoms with Crippen molar-refractivity contribution >= 4 is 63.2 Å². The first-order chi connectivity index (χ1) is 31.4. The summed E-state index contributed by atoms with van der Waals surface area (Å²) in [5, 5.41) is 13.4. The third kappa shape index (κ3) is 10.1. The van der Waals surface area contributed by atoms with E-state index in [1.165, 1.54) is 9.80 Å². The second-order valence-corrected chi connectivity index (χ2v) is 17.2. The van der Waals surface area contributed by atoms with Gasteiger partial charge in [0.25, 0.3) is 0 Å². The molecule has 5 heterocycles. The number of aromatic nitrogens is 2. The molecule has 0 radical (unpaired) electrons. The van der Waals surface area contributed by atoms with E-state index >= 15 is 0 Å². The van der Waals surface area contributed by atoms with Gasteiger partial charge in [0, 0.05) is 79.1 Å². The Labute approximate surface area is 375 Å². The van der Waals surface area contributed by atoms with Crippen molar-refractivity contribution in [2.45, 2.75) is 93.7 Å². The molecule has 0 bridgehead atoms. The SMILES string of the molecule is NC(N)=NCCC[C@@H]1NC(=O)[C@H](Cc2c[nH]c3ccccc23)NC(=O)[C@@H](Cc2ccccc2)NC(=O)[C@H](Cc2c[nH]c3ccccc23)NC(=O)[C@@H]2C[C@H](N)CN2C(=O)[C@H]2CCCN2C1=O. The number of fused-ring (bicyclic) bond motifs is 4. The van der Waals surface area contributed by atoms with Crippen molar-refractivity contribution < 1.29 is 28.8 Å². The summed E-state index contributed by atoms with van der Waals surface area (Å²) in [6.45, 7) is 0.461. The van der Waals surface area contributed by atoms with Crippen LogP contribution in [0.15, 0.2) is 96.2 Å². The smallest absolute Gasteiger partial charge is 0.246 e. The van der Waals surface area contributed by atoms with Crippen molar-refractivity contribution in [1.82, 2.24) is 41.0 Å². The molecule has 12 N–H and O–H groups in total. The molecule has 0 unspecified atom stereocenters. The van der Waals surface area contributed by atoms with Crippen LogP contribution in [-0.4, -0.2) is 123 Å². The van der Waals surface area contributed by atoms with Crippen LogP contribution < -0.4 is 38.5 Å². The Morgan fingerprint density at radius 1 is 0.615 bits per heavy atom. The highest BCUT2D eigenvalue weighted by molar-refractivity contribution is 5.99. The summed E-state index contributed by atoms with van der Waals surface area (Å²) in [5.74, 6) is -3.60. The summed E-state index contributed by atoms with van der Waals surface area (Å²) in [6.07, 6.45) is 5.00. The number of H-pyrrole nitrogens is 2. The van der Waals surface area contributed by atoms with Crippen LogP contribution in [0.1, 0.15) is 48.8 Å². The summed E-state index contributed by atoms with van der Waals surface area (Å²) in [4.78, 5) is 102. The number of aliphatic imine (C=N–C) groups is 1.